The zero-order valence-electron chi connectivity index (χ0n) is 18.2. The number of hydrogen-bond acceptors (Lipinski definition) is 11. The number of anilines is 2. The summed E-state index contributed by atoms with van der Waals surface area (Å²) in [6.07, 6.45) is -3.30. The first kappa shape index (κ1) is 25.6. The maximum atomic E-state index is 11.7. The maximum absolute atomic E-state index is 11.7. The molecule has 190 valence electrons. The third kappa shape index (κ3) is 5.35. The van der Waals surface area contributed by atoms with Gasteiger partial charge in [-0.15, -0.1) is 0 Å². The second-order valence-corrected chi connectivity index (χ2v) is 11.0. The molecule has 0 amide bonds. The van der Waals surface area contributed by atoms with Crippen LogP contribution in [0.2, 0.25) is 0 Å². The average Bonchev–Trinajstić information content (AvgIpc) is 3.33. The number of nitrogens with two attached hydrogens (primary N) is 1. The van der Waals surface area contributed by atoms with E-state index in [9.17, 15) is 23.2 Å². The third-order valence-corrected chi connectivity index (χ3v) is 6.77. The second-order valence-electron chi connectivity index (χ2n) is 7.83. The smallest absolute Gasteiger partial charge is 0.350 e. The van der Waals surface area contributed by atoms with Crippen molar-refractivity contribution in [1.29, 1.82) is 0 Å². The second kappa shape index (κ2) is 9.50. The van der Waals surface area contributed by atoms with Crippen molar-refractivity contribution in [3.05, 3.63) is 36.9 Å². The van der Waals surface area contributed by atoms with Crippen LogP contribution in [-0.2, 0) is 24.1 Å². The molecule has 2 aromatic heterocycles. The number of aliphatic hydroxyl groups excluding tert-OH is 2. The van der Waals surface area contributed by atoms with Crippen molar-refractivity contribution in [2.24, 2.45) is 5.14 Å². The number of primary sulfonamides is 1. The number of aliphatic hydroxyl groups is 2. The van der Waals surface area contributed by atoms with Crippen LogP contribution in [0.4, 0.5) is 11.5 Å². The maximum Gasteiger partial charge on any atom is 0.350 e. The first-order valence-corrected chi connectivity index (χ1v) is 13.4. The Balaban J connectivity index is 1.61. The van der Waals surface area contributed by atoms with Gasteiger partial charge >= 0.3 is 7.60 Å². The van der Waals surface area contributed by atoms with Crippen molar-refractivity contribution < 1.29 is 42.5 Å². The van der Waals surface area contributed by atoms with Crippen LogP contribution in [0.15, 0.2) is 41.8 Å². The van der Waals surface area contributed by atoms with Gasteiger partial charge in [-0.2, -0.15) is 0 Å². The Morgan fingerprint density at radius 1 is 1.23 bits per heavy atom. The third-order valence-electron chi connectivity index (χ3n) is 5.34. The molecule has 0 aliphatic carbocycles. The van der Waals surface area contributed by atoms with Gasteiger partial charge in [0.1, 0.15) is 31.0 Å². The highest BCUT2D eigenvalue weighted by atomic mass is 32.2. The number of imidazole rings is 1. The number of nitrogens with zero attached hydrogens (tertiary/aromatic N) is 5. The number of rotatable bonds is 8. The van der Waals surface area contributed by atoms with E-state index in [2.05, 4.69) is 15.0 Å². The summed E-state index contributed by atoms with van der Waals surface area (Å²) in [5.74, 6) is 0.315. The molecule has 0 radical (unpaired) electrons. The molecule has 1 saturated heterocycles. The summed E-state index contributed by atoms with van der Waals surface area (Å²) in [6.45, 7) is -0.365. The van der Waals surface area contributed by atoms with Gasteiger partial charge in [0.25, 0.3) is 0 Å². The van der Waals surface area contributed by atoms with Crippen LogP contribution in [0.25, 0.3) is 11.2 Å². The van der Waals surface area contributed by atoms with Gasteiger partial charge in [0.2, 0.25) is 10.0 Å². The summed E-state index contributed by atoms with van der Waals surface area (Å²) in [4.78, 5) is 32.1. The van der Waals surface area contributed by atoms with Crippen molar-refractivity contribution in [1.82, 2.24) is 19.5 Å². The molecular weight excluding hydrogens is 507 g/mol. The van der Waals surface area contributed by atoms with E-state index in [1.54, 1.807) is 18.0 Å². The van der Waals surface area contributed by atoms with Gasteiger partial charge in [-0.25, -0.2) is 28.5 Å². The Morgan fingerprint density at radius 3 is 2.66 bits per heavy atom. The van der Waals surface area contributed by atoms with Gasteiger partial charge in [-0.1, -0.05) is 6.07 Å². The first-order valence-electron chi connectivity index (χ1n) is 10.0. The standard InChI is InChI=1S/C18H23N6O9PS/c1-23(10-3-2-4-11(5-10)35(19,30)31)16-13-17(21-7-20-16)24(8-22-13)18-15(26)14(25)12(33-18)6-32-9-34(27,28)29/h2-5,7-8,12,14-15,18,25-26H,6,9H2,1H3,(H2,19,30,31)(H2,27,28,29)/t12-,14-,15-,18-/m1/s1. The van der Waals surface area contributed by atoms with Crippen LogP contribution in [0, 0.1) is 0 Å². The molecule has 1 fully saturated rings. The first-order chi connectivity index (χ1) is 16.4. The van der Waals surface area contributed by atoms with E-state index >= 15 is 0 Å². The van der Waals surface area contributed by atoms with Crippen molar-refractivity contribution in [3.8, 4) is 0 Å². The number of fused-ring (bicyclic) bond motifs is 1. The average molecular weight is 530 g/mol. The summed E-state index contributed by atoms with van der Waals surface area (Å²) >= 11 is 0. The molecule has 6 N–H and O–H groups in total. The number of sulfonamides is 1. The fourth-order valence-corrected chi connectivity index (χ4v) is 4.54. The Bertz CT molecular complexity index is 1380. The highest BCUT2D eigenvalue weighted by Crippen LogP contribution is 2.36. The highest BCUT2D eigenvalue weighted by molar-refractivity contribution is 7.89. The molecule has 1 aromatic carbocycles. The van der Waals surface area contributed by atoms with Crippen molar-refractivity contribution in [3.63, 3.8) is 0 Å². The Labute approximate surface area is 199 Å². The van der Waals surface area contributed by atoms with Gasteiger partial charge in [-0.05, 0) is 18.2 Å². The van der Waals surface area contributed by atoms with E-state index in [-0.39, 0.29) is 17.1 Å². The zero-order chi connectivity index (χ0) is 25.5. The number of ether oxygens (including phenoxy) is 2. The van der Waals surface area contributed by atoms with E-state index in [0.717, 1.165) is 0 Å². The molecule has 4 atom stereocenters. The number of hydrogen-bond donors (Lipinski definition) is 5. The molecule has 1 aliphatic heterocycles. The predicted molar refractivity (Wildman–Crippen MR) is 120 cm³/mol. The molecule has 35 heavy (non-hydrogen) atoms. The summed E-state index contributed by atoms with van der Waals surface area (Å²) in [5, 5.41) is 26.1. The Kier molecular flexibility index (Phi) is 6.93. The fourth-order valence-electron chi connectivity index (χ4n) is 3.65. The molecule has 0 unspecified atom stereocenters. The van der Waals surface area contributed by atoms with Crippen LogP contribution < -0.4 is 10.0 Å². The van der Waals surface area contributed by atoms with Gasteiger partial charge in [0.15, 0.2) is 23.2 Å². The van der Waals surface area contributed by atoms with E-state index in [1.165, 1.54) is 35.4 Å². The summed E-state index contributed by atoms with van der Waals surface area (Å²) < 4.78 is 46.4. The summed E-state index contributed by atoms with van der Waals surface area (Å²) in [5.41, 5.74) is 1.00. The van der Waals surface area contributed by atoms with Gasteiger partial charge in [-0.3, -0.25) is 9.13 Å². The molecular formula is C18H23N6O9PS. The Hall–Kier alpha value is -2.53. The van der Waals surface area contributed by atoms with Crippen molar-refractivity contribution in [2.45, 2.75) is 29.4 Å². The lowest BCUT2D eigenvalue weighted by molar-refractivity contribution is -0.0612. The summed E-state index contributed by atoms with van der Waals surface area (Å²) in [6, 6.07) is 5.92. The van der Waals surface area contributed by atoms with E-state index < -0.39 is 48.5 Å². The minimum atomic E-state index is -4.41. The molecule has 1 aliphatic rings. The minimum absolute atomic E-state index is 0.0823. The molecule has 4 rings (SSSR count). The molecule has 17 heteroatoms. The van der Waals surface area contributed by atoms with Crippen molar-refractivity contribution >= 4 is 40.3 Å². The fraction of sp³-hybridized carbons (Fsp3) is 0.389. The topological polar surface area (TPSA) is 223 Å². The molecule has 0 saturated carbocycles. The van der Waals surface area contributed by atoms with Crippen LogP contribution >= 0.6 is 7.60 Å². The summed E-state index contributed by atoms with van der Waals surface area (Å²) in [7, 11) is -6.69. The van der Waals surface area contributed by atoms with E-state index in [1.807, 2.05) is 0 Å². The monoisotopic (exact) mass is 530 g/mol. The predicted octanol–water partition coefficient (Wildman–Crippen LogP) is -0.987. The molecule has 3 aromatic rings. The van der Waals surface area contributed by atoms with Gasteiger partial charge in [0.05, 0.1) is 17.8 Å². The quantitative estimate of drug-likeness (QED) is 0.221. The Morgan fingerprint density at radius 2 is 1.97 bits per heavy atom. The molecule has 0 spiro atoms. The minimum Gasteiger partial charge on any atom is -0.387 e. The number of aromatic nitrogens is 4. The molecule has 3 heterocycles. The van der Waals surface area contributed by atoms with E-state index in [4.69, 9.17) is 24.4 Å². The van der Waals surface area contributed by atoms with Crippen LogP contribution in [0.3, 0.4) is 0 Å². The van der Waals surface area contributed by atoms with Crippen LogP contribution in [-0.4, -0.2) is 86.3 Å². The van der Waals surface area contributed by atoms with E-state index in [0.29, 0.717) is 17.0 Å². The largest absolute Gasteiger partial charge is 0.387 e. The van der Waals surface area contributed by atoms with Gasteiger partial charge in [0, 0.05) is 12.7 Å². The molecule has 0 bridgehead atoms. The van der Waals surface area contributed by atoms with Crippen LogP contribution in [0.1, 0.15) is 6.23 Å². The zero-order valence-corrected chi connectivity index (χ0v) is 19.9. The highest BCUT2D eigenvalue weighted by Gasteiger charge is 2.44. The molecule has 15 nitrogen and oxygen atoms in total. The lowest BCUT2D eigenvalue weighted by Gasteiger charge is -2.20. The van der Waals surface area contributed by atoms with Crippen molar-refractivity contribution in [2.75, 3.05) is 24.9 Å². The lowest BCUT2D eigenvalue weighted by Crippen LogP contribution is -2.33. The van der Waals surface area contributed by atoms with Crippen LogP contribution in [0.5, 0.6) is 0 Å². The number of benzene rings is 1. The lowest BCUT2D eigenvalue weighted by atomic mass is 10.1. The SMILES string of the molecule is CN(c1cccc(S(N)(=O)=O)c1)c1ncnc2c1ncn2[C@@H]1O[C@H](COCP(=O)(O)O)[C@@H](O)[C@H]1O. The normalized spacial score (nSPS) is 23.1. The van der Waals surface area contributed by atoms with Gasteiger partial charge < -0.3 is 34.4 Å².